The second kappa shape index (κ2) is 2.19. The van der Waals surface area contributed by atoms with Gasteiger partial charge in [0.15, 0.2) is 0 Å². The summed E-state index contributed by atoms with van der Waals surface area (Å²) in [6.07, 6.45) is 0. The molecule has 2 nitrogen and oxygen atoms in total. The van der Waals surface area contributed by atoms with Crippen molar-refractivity contribution in [2.75, 3.05) is 0 Å². The summed E-state index contributed by atoms with van der Waals surface area (Å²) < 4.78 is 10.5. The second-order valence-corrected chi connectivity index (χ2v) is 2.82. The molecule has 0 unspecified atom stereocenters. The first-order chi connectivity index (χ1) is 5.27. The van der Waals surface area contributed by atoms with Crippen LogP contribution in [-0.2, 0) is 0 Å². The minimum Gasteiger partial charge on any atom is -0.526 e. The number of hydrogen-bond acceptors (Lipinski definition) is 2. The van der Waals surface area contributed by atoms with Crippen molar-refractivity contribution in [1.82, 2.24) is 0 Å². The quantitative estimate of drug-likeness (QED) is 0.517. The lowest BCUT2D eigenvalue weighted by molar-refractivity contribution is 0.540. The van der Waals surface area contributed by atoms with E-state index in [1.165, 1.54) is 5.56 Å². The predicted octanol–water partition coefficient (Wildman–Crippen LogP) is 1.34. The van der Waals surface area contributed by atoms with Crippen LogP contribution in [0, 0.1) is 13.8 Å². The smallest absolute Gasteiger partial charge is 0.526 e. The zero-order chi connectivity index (χ0) is 7.84. The summed E-state index contributed by atoms with van der Waals surface area (Å²) in [5, 5.41) is 0. The molecule has 0 bridgehead atoms. The van der Waals surface area contributed by atoms with Gasteiger partial charge >= 0.3 is 7.69 Å². The maximum atomic E-state index is 5.26. The monoisotopic (exact) mass is 148 g/mol. The first-order valence-corrected chi connectivity index (χ1v) is 3.64. The van der Waals surface area contributed by atoms with Crippen LogP contribution in [0.5, 0.6) is 11.5 Å². The van der Waals surface area contributed by atoms with Crippen molar-refractivity contribution in [3.63, 3.8) is 0 Å². The molecule has 1 aliphatic heterocycles. The van der Waals surface area contributed by atoms with Crippen LogP contribution in [0.3, 0.4) is 0 Å². The largest absolute Gasteiger partial charge is 0.576 e. The molecule has 0 spiro atoms. The molecule has 0 saturated carbocycles. The van der Waals surface area contributed by atoms with Crippen LogP contribution in [0.15, 0.2) is 12.1 Å². The highest BCUT2D eigenvalue weighted by Crippen LogP contribution is 2.35. The molecule has 0 fully saturated rings. The fraction of sp³-hybridized carbons (Fsp3) is 0.250. The van der Waals surface area contributed by atoms with Crippen molar-refractivity contribution in [3.05, 3.63) is 23.3 Å². The Labute approximate surface area is 66.4 Å². The molecule has 1 heterocycles. The Bertz CT molecular complexity index is 296. The van der Waals surface area contributed by atoms with Gasteiger partial charge in [-0.05, 0) is 31.0 Å². The summed E-state index contributed by atoms with van der Waals surface area (Å²) in [4.78, 5) is 0. The fourth-order valence-corrected chi connectivity index (χ4v) is 1.36. The van der Waals surface area contributed by atoms with Gasteiger partial charge in [0.05, 0.1) is 0 Å². The van der Waals surface area contributed by atoms with Gasteiger partial charge in [-0.2, -0.15) is 0 Å². The van der Waals surface area contributed by atoms with Crippen molar-refractivity contribution in [1.29, 1.82) is 0 Å². The molecule has 11 heavy (non-hydrogen) atoms. The van der Waals surface area contributed by atoms with E-state index in [1.54, 1.807) is 0 Å². The van der Waals surface area contributed by atoms with Crippen molar-refractivity contribution < 1.29 is 9.31 Å². The molecule has 3 heteroatoms. The molecular formula is C8H9BO2. The highest BCUT2D eigenvalue weighted by atomic mass is 16.6. The highest BCUT2D eigenvalue weighted by molar-refractivity contribution is 6.23. The van der Waals surface area contributed by atoms with Gasteiger partial charge in [-0.25, -0.2) is 0 Å². The third-order valence-electron chi connectivity index (χ3n) is 1.80. The molecule has 0 aromatic heterocycles. The normalized spacial score (nSPS) is 12.9. The average Bonchev–Trinajstić information content (AvgIpc) is 2.34. The fourth-order valence-electron chi connectivity index (χ4n) is 1.36. The topological polar surface area (TPSA) is 18.5 Å². The Hall–Kier alpha value is -1.12. The van der Waals surface area contributed by atoms with Gasteiger partial charge in [0, 0.05) is 0 Å². The predicted molar refractivity (Wildman–Crippen MR) is 44.3 cm³/mol. The molecule has 1 aliphatic rings. The van der Waals surface area contributed by atoms with Gasteiger partial charge in [0.1, 0.15) is 11.5 Å². The average molecular weight is 148 g/mol. The van der Waals surface area contributed by atoms with Gasteiger partial charge in [0.2, 0.25) is 0 Å². The number of benzene rings is 1. The van der Waals surface area contributed by atoms with Gasteiger partial charge < -0.3 is 9.31 Å². The highest BCUT2D eigenvalue weighted by Gasteiger charge is 2.17. The Kier molecular flexibility index (Phi) is 1.31. The van der Waals surface area contributed by atoms with Gasteiger partial charge in [-0.3, -0.25) is 0 Å². The van der Waals surface area contributed by atoms with Crippen LogP contribution in [-0.4, -0.2) is 7.69 Å². The number of hydrogen-bond donors (Lipinski definition) is 0. The van der Waals surface area contributed by atoms with Crippen LogP contribution in [0.2, 0.25) is 0 Å². The Balaban J connectivity index is 2.60. The minimum atomic E-state index is 0.361. The summed E-state index contributed by atoms with van der Waals surface area (Å²) in [6, 6.07) is 4.09. The molecule has 0 radical (unpaired) electrons. The van der Waals surface area contributed by atoms with Crippen molar-refractivity contribution >= 4 is 7.69 Å². The van der Waals surface area contributed by atoms with Gasteiger partial charge in [-0.15, -0.1) is 0 Å². The number of rotatable bonds is 0. The summed E-state index contributed by atoms with van der Waals surface area (Å²) in [5.41, 5.74) is 2.37. The third-order valence-corrected chi connectivity index (χ3v) is 1.80. The van der Waals surface area contributed by atoms with Crippen molar-refractivity contribution in [3.8, 4) is 11.5 Å². The molecule has 1 aromatic carbocycles. The van der Waals surface area contributed by atoms with E-state index in [-0.39, 0.29) is 0 Å². The zero-order valence-corrected chi connectivity index (χ0v) is 6.68. The Morgan fingerprint density at radius 2 is 2.00 bits per heavy atom. The van der Waals surface area contributed by atoms with E-state index < -0.39 is 0 Å². The van der Waals surface area contributed by atoms with E-state index in [0.717, 1.165) is 17.1 Å². The molecule has 0 N–H and O–H groups in total. The SMILES string of the molecule is Cc1cc(C)c2c(c1)OBO2. The van der Waals surface area contributed by atoms with Crippen LogP contribution < -0.4 is 9.31 Å². The minimum absolute atomic E-state index is 0.361. The first kappa shape index (κ1) is 6.59. The molecule has 56 valence electrons. The summed E-state index contributed by atoms with van der Waals surface area (Å²) in [6.45, 7) is 4.08. The second-order valence-electron chi connectivity index (χ2n) is 2.82. The maximum Gasteiger partial charge on any atom is 0.576 e. The molecule has 0 amide bonds. The van der Waals surface area contributed by atoms with E-state index in [9.17, 15) is 0 Å². The van der Waals surface area contributed by atoms with Gasteiger partial charge in [0.25, 0.3) is 0 Å². The van der Waals surface area contributed by atoms with Crippen LogP contribution in [0.25, 0.3) is 0 Å². The molecule has 0 saturated heterocycles. The van der Waals surface area contributed by atoms with E-state index in [2.05, 4.69) is 13.0 Å². The summed E-state index contributed by atoms with van der Waals surface area (Å²) in [5.74, 6) is 1.78. The Morgan fingerprint density at radius 3 is 2.82 bits per heavy atom. The number of aryl methyl sites for hydroxylation is 2. The lowest BCUT2D eigenvalue weighted by Crippen LogP contribution is -2.00. The third kappa shape index (κ3) is 0.966. The number of fused-ring (bicyclic) bond motifs is 1. The summed E-state index contributed by atoms with van der Waals surface area (Å²) >= 11 is 0. The van der Waals surface area contributed by atoms with Crippen LogP contribution >= 0.6 is 0 Å². The molecule has 0 aliphatic carbocycles. The van der Waals surface area contributed by atoms with E-state index >= 15 is 0 Å². The molecular weight excluding hydrogens is 139 g/mol. The van der Waals surface area contributed by atoms with Crippen LogP contribution in [0.1, 0.15) is 11.1 Å². The van der Waals surface area contributed by atoms with Crippen LogP contribution in [0.4, 0.5) is 0 Å². The van der Waals surface area contributed by atoms with E-state index in [0.29, 0.717) is 7.69 Å². The lowest BCUT2D eigenvalue weighted by atomic mass is 10.1. The molecule has 0 atom stereocenters. The first-order valence-electron chi connectivity index (χ1n) is 3.64. The van der Waals surface area contributed by atoms with E-state index in [1.807, 2.05) is 13.0 Å². The zero-order valence-electron chi connectivity index (χ0n) is 6.68. The Morgan fingerprint density at radius 1 is 1.18 bits per heavy atom. The molecule has 1 aromatic rings. The summed E-state index contributed by atoms with van der Waals surface area (Å²) in [7, 11) is 0.361. The van der Waals surface area contributed by atoms with Crippen molar-refractivity contribution in [2.45, 2.75) is 13.8 Å². The van der Waals surface area contributed by atoms with Crippen molar-refractivity contribution in [2.24, 2.45) is 0 Å². The lowest BCUT2D eigenvalue weighted by Gasteiger charge is -2.02. The van der Waals surface area contributed by atoms with Gasteiger partial charge in [-0.1, -0.05) is 6.07 Å². The molecule has 2 rings (SSSR count). The van der Waals surface area contributed by atoms with E-state index in [4.69, 9.17) is 9.31 Å². The maximum absolute atomic E-state index is 5.26. The standard InChI is InChI=1S/C8H9BO2/c1-5-3-6(2)8-7(4-5)10-9-11-8/h3-4,9H,1-2H3.